The highest BCUT2D eigenvalue weighted by molar-refractivity contribution is 5.93. The Morgan fingerprint density at radius 3 is 2.32 bits per heavy atom. The van der Waals surface area contributed by atoms with Gasteiger partial charge >= 0.3 is 11.9 Å². The van der Waals surface area contributed by atoms with E-state index in [9.17, 15) is 29.1 Å². The van der Waals surface area contributed by atoms with Gasteiger partial charge in [-0.05, 0) is 37.8 Å². The Balaban J connectivity index is 2.55. The molecule has 6 N–H and O–H groups in total. The molecule has 0 saturated heterocycles. The smallest absolute Gasteiger partial charge is 0.326 e. The van der Waals surface area contributed by atoms with Gasteiger partial charge in [0.15, 0.2) is 0 Å². The van der Waals surface area contributed by atoms with E-state index in [1.807, 2.05) is 13.8 Å². The van der Waals surface area contributed by atoms with Crippen molar-refractivity contribution < 1.29 is 34.2 Å². The van der Waals surface area contributed by atoms with Crippen LogP contribution in [-0.4, -0.2) is 76.1 Å². The first-order valence-electron chi connectivity index (χ1n) is 11.1. The van der Waals surface area contributed by atoms with Crippen LogP contribution in [0, 0.1) is 0 Å². The summed E-state index contributed by atoms with van der Waals surface area (Å²) in [6, 6.07) is 0.888. The van der Waals surface area contributed by atoms with Crippen molar-refractivity contribution in [3.63, 3.8) is 0 Å². The van der Waals surface area contributed by atoms with Crippen LogP contribution in [0.2, 0.25) is 0 Å². The first kappa shape index (κ1) is 28.5. The topological polar surface area (TPSA) is 187 Å². The lowest BCUT2D eigenvalue weighted by Crippen LogP contribution is -2.53. The number of nitrogens with zero attached hydrogens (tertiary/aromatic N) is 1. The van der Waals surface area contributed by atoms with Gasteiger partial charge in [-0.25, -0.2) is 4.79 Å². The zero-order valence-electron chi connectivity index (χ0n) is 19.4. The predicted octanol–water partition coefficient (Wildman–Crippen LogP) is -0.101. The van der Waals surface area contributed by atoms with Crippen molar-refractivity contribution >= 4 is 29.7 Å². The van der Waals surface area contributed by atoms with Crippen LogP contribution in [0.15, 0.2) is 24.5 Å². The molecule has 2 atom stereocenters. The number of carbonyl (C=O) groups is 5. The molecular formula is C22H33N5O7. The van der Waals surface area contributed by atoms with Crippen molar-refractivity contribution in [2.24, 2.45) is 0 Å². The molecule has 12 nitrogen and oxygen atoms in total. The third-order valence-electron chi connectivity index (χ3n) is 4.71. The Labute approximate surface area is 197 Å². The van der Waals surface area contributed by atoms with E-state index in [1.54, 1.807) is 18.3 Å². The van der Waals surface area contributed by atoms with Crippen LogP contribution in [0.4, 0.5) is 0 Å². The van der Waals surface area contributed by atoms with Gasteiger partial charge in [-0.15, -0.1) is 0 Å². The number of amides is 3. The molecule has 0 bridgehead atoms. The summed E-state index contributed by atoms with van der Waals surface area (Å²) in [5, 5.41) is 28.8. The molecular weight excluding hydrogens is 446 g/mol. The Kier molecular flexibility index (Phi) is 12.8. The number of hydrogen-bond donors (Lipinski definition) is 6. The number of hydrogen-bond acceptors (Lipinski definition) is 7. The van der Waals surface area contributed by atoms with Crippen molar-refractivity contribution in [3.8, 4) is 0 Å². The molecule has 1 aromatic heterocycles. The van der Waals surface area contributed by atoms with Crippen molar-refractivity contribution in [1.29, 1.82) is 0 Å². The van der Waals surface area contributed by atoms with Crippen LogP contribution < -0.4 is 21.3 Å². The number of aromatic nitrogens is 1. The molecule has 34 heavy (non-hydrogen) atoms. The minimum atomic E-state index is -1.25. The lowest BCUT2D eigenvalue weighted by atomic mass is 10.1. The van der Waals surface area contributed by atoms with E-state index in [4.69, 9.17) is 5.11 Å². The molecule has 0 aliphatic heterocycles. The van der Waals surface area contributed by atoms with Gasteiger partial charge in [-0.2, -0.15) is 0 Å². The molecule has 0 spiro atoms. The Bertz CT molecular complexity index is 832. The molecule has 0 aromatic carbocycles. The van der Waals surface area contributed by atoms with Gasteiger partial charge in [0.1, 0.15) is 12.1 Å². The van der Waals surface area contributed by atoms with Crippen LogP contribution in [0.25, 0.3) is 0 Å². The minimum absolute atomic E-state index is 0.0302. The normalized spacial score (nSPS) is 12.4. The summed E-state index contributed by atoms with van der Waals surface area (Å²) in [5.41, 5.74) is 0.413. The molecule has 1 heterocycles. The van der Waals surface area contributed by atoms with E-state index in [0.29, 0.717) is 24.9 Å². The number of carbonyl (C=O) groups excluding carboxylic acids is 3. The monoisotopic (exact) mass is 479 g/mol. The average molecular weight is 480 g/mol. The zero-order valence-corrected chi connectivity index (χ0v) is 19.4. The summed E-state index contributed by atoms with van der Waals surface area (Å²) in [6.07, 6.45) is 3.41. The molecule has 1 aromatic rings. The van der Waals surface area contributed by atoms with E-state index in [0.717, 1.165) is 0 Å². The highest BCUT2D eigenvalue weighted by atomic mass is 16.4. The van der Waals surface area contributed by atoms with Gasteiger partial charge in [0.05, 0.1) is 12.1 Å². The predicted molar refractivity (Wildman–Crippen MR) is 122 cm³/mol. The molecule has 0 saturated carbocycles. The fourth-order valence-electron chi connectivity index (χ4n) is 2.88. The largest absolute Gasteiger partial charge is 0.481 e. The van der Waals surface area contributed by atoms with Crippen LogP contribution >= 0.6 is 0 Å². The maximum Gasteiger partial charge on any atom is 0.326 e. The van der Waals surface area contributed by atoms with E-state index in [1.165, 1.54) is 6.20 Å². The van der Waals surface area contributed by atoms with Gasteiger partial charge in [-0.1, -0.05) is 13.8 Å². The fraction of sp³-hybridized carbons (Fsp3) is 0.545. The number of pyridine rings is 1. The summed E-state index contributed by atoms with van der Waals surface area (Å²) in [7, 11) is 0. The van der Waals surface area contributed by atoms with Gasteiger partial charge in [0.2, 0.25) is 11.8 Å². The maximum atomic E-state index is 12.6. The molecule has 188 valence electrons. The third kappa shape index (κ3) is 11.9. The molecule has 3 amide bonds. The third-order valence-corrected chi connectivity index (χ3v) is 4.71. The van der Waals surface area contributed by atoms with Crippen LogP contribution in [0.3, 0.4) is 0 Å². The summed E-state index contributed by atoms with van der Waals surface area (Å²) in [5.74, 6) is -3.96. The maximum absolute atomic E-state index is 12.6. The average Bonchev–Trinajstić information content (AvgIpc) is 2.79. The molecule has 0 fully saturated rings. The quantitative estimate of drug-likeness (QED) is 0.176. The molecule has 1 rings (SSSR count). The van der Waals surface area contributed by atoms with Crippen molar-refractivity contribution in [2.45, 2.75) is 64.1 Å². The molecule has 0 aliphatic carbocycles. The van der Waals surface area contributed by atoms with Crippen molar-refractivity contribution in [2.75, 3.05) is 13.1 Å². The van der Waals surface area contributed by atoms with Crippen LogP contribution in [0.1, 0.15) is 56.3 Å². The Morgan fingerprint density at radius 2 is 1.74 bits per heavy atom. The summed E-state index contributed by atoms with van der Waals surface area (Å²) >= 11 is 0. The van der Waals surface area contributed by atoms with Gasteiger partial charge in [-0.3, -0.25) is 24.2 Å². The van der Waals surface area contributed by atoms with Crippen LogP contribution in [0.5, 0.6) is 0 Å². The number of carboxylic acid groups (broad SMARTS) is 2. The first-order chi connectivity index (χ1) is 16.1. The summed E-state index contributed by atoms with van der Waals surface area (Å²) < 4.78 is 0. The summed E-state index contributed by atoms with van der Waals surface area (Å²) in [6.45, 7) is 3.92. The molecule has 12 heteroatoms. The second kappa shape index (κ2) is 15.3. The highest BCUT2D eigenvalue weighted by Gasteiger charge is 2.26. The fourth-order valence-corrected chi connectivity index (χ4v) is 2.88. The molecule has 0 aliphatic rings. The van der Waals surface area contributed by atoms with Gasteiger partial charge < -0.3 is 31.5 Å². The minimum Gasteiger partial charge on any atom is -0.481 e. The van der Waals surface area contributed by atoms with Crippen molar-refractivity contribution in [3.05, 3.63) is 30.1 Å². The lowest BCUT2D eigenvalue weighted by Gasteiger charge is -2.21. The van der Waals surface area contributed by atoms with E-state index in [-0.39, 0.29) is 37.8 Å². The van der Waals surface area contributed by atoms with Crippen LogP contribution in [-0.2, 0) is 19.2 Å². The van der Waals surface area contributed by atoms with Gasteiger partial charge in [0.25, 0.3) is 5.91 Å². The molecule has 0 radical (unpaired) electrons. The second-order valence-corrected chi connectivity index (χ2v) is 7.98. The Morgan fingerprint density at radius 1 is 1.00 bits per heavy atom. The summed E-state index contributed by atoms with van der Waals surface area (Å²) in [4.78, 5) is 63.0. The lowest BCUT2D eigenvalue weighted by molar-refractivity contribution is -0.143. The highest BCUT2D eigenvalue weighted by Crippen LogP contribution is 2.05. The number of carboxylic acids is 2. The zero-order chi connectivity index (χ0) is 25.5. The Hall–Kier alpha value is -3.54. The number of aliphatic carboxylic acids is 2. The van der Waals surface area contributed by atoms with Crippen molar-refractivity contribution in [1.82, 2.24) is 26.3 Å². The number of nitrogens with one attached hydrogen (secondary N) is 4. The first-order valence-corrected chi connectivity index (χ1v) is 11.1. The number of rotatable bonds is 16. The SMILES string of the molecule is CC(C)NCC(=O)N[C@H](CCC(=O)O)C(=O)NC(CCCCNC(=O)c1cccnc1)C(=O)O. The van der Waals surface area contributed by atoms with Gasteiger partial charge in [0, 0.05) is 31.4 Å². The molecule has 1 unspecified atom stereocenters. The van der Waals surface area contributed by atoms with E-state index < -0.39 is 35.8 Å². The second-order valence-electron chi connectivity index (χ2n) is 7.98. The van der Waals surface area contributed by atoms with E-state index >= 15 is 0 Å². The number of unbranched alkanes of at least 4 members (excludes halogenated alkanes) is 1. The van der Waals surface area contributed by atoms with E-state index in [2.05, 4.69) is 26.3 Å². The standard InChI is InChI=1S/C22H33N5O7/c1-14(2)25-13-18(28)26-16(8-9-19(29)30)21(32)27-17(22(33)34)7-3-4-11-24-20(31)15-6-5-10-23-12-15/h5-6,10,12,14,16-17,25H,3-4,7-9,11,13H2,1-2H3,(H,24,31)(H,26,28)(H,27,32)(H,29,30)(H,33,34)/t16-,17?/m1/s1.